The Balaban J connectivity index is 1.87. The van der Waals surface area contributed by atoms with E-state index in [0.29, 0.717) is 0 Å². The number of fused-ring (bicyclic) bond motifs is 1. The number of thioether (sulfide) groups is 1. The Morgan fingerprint density at radius 2 is 1.95 bits per heavy atom. The Morgan fingerprint density at radius 3 is 2.74 bits per heavy atom. The first-order chi connectivity index (χ1) is 9.22. The molecule has 1 aliphatic rings. The standard InChI is InChI=1S/C15H13ClFNS/c16-10-1-6-15-13(9-10)14(7-8-19-15)18-12-4-2-11(17)3-5-12/h1-6,9,14,18H,7-8H2. The van der Waals surface area contributed by atoms with E-state index in [-0.39, 0.29) is 11.9 Å². The molecule has 0 spiro atoms. The Bertz CT molecular complexity index is 585. The van der Waals surface area contributed by atoms with Crippen molar-refractivity contribution in [2.75, 3.05) is 11.1 Å². The summed E-state index contributed by atoms with van der Waals surface area (Å²) < 4.78 is 12.9. The van der Waals surface area contributed by atoms with Crippen molar-refractivity contribution in [3.05, 3.63) is 58.9 Å². The summed E-state index contributed by atoms with van der Waals surface area (Å²) in [5.74, 6) is 0.862. The van der Waals surface area contributed by atoms with Crippen LogP contribution < -0.4 is 5.32 Å². The van der Waals surface area contributed by atoms with Gasteiger partial charge in [0.15, 0.2) is 0 Å². The van der Waals surface area contributed by atoms with Crippen molar-refractivity contribution in [3.63, 3.8) is 0 Å². The van der Waals surface area contributed by atoms with Gasteiger partial charge in [0.25, 0.3) is 0 Å². The van der Waals surface area contributed by atoms with Crippen molar-refractivity contribution in [2.45, 2.75) is 17.4 Å². The van der Waals surface area contributed by atoms with Crippen molar-refractivity contribution < 1.29 is 4.39 Å². The van der Waals surface area contributed by atoms with Crippen LogP contribution in [0.4, 0.5) is 10.1 Å². The Hall–Kier alpha value is -1.19. The van der Waals surface area contributed by atoms with Crippen LogP contribution >= 0.6 is 23.4 Å². The van der Waals surface area contributed by atoms with Crippen LogP contribution in [0.2, 0.25) is 5.02 Å². The molecule has 0 aliphatic carbocycles. The van der Waals surface area contributed by atoms with Gasteiger partial charge in [-0.3, -0.25) is 0 Å². The van der Waals surface area contributed by atoms with E-state index in [4.69, 9.17) is 11.6 Å². The topological polar surface area (TPSA) is 12.0 Å². The van der Waals surface area contributed by atoms with Gasteiger partial charge < -0.3 is 5.32 Å². The Kier molecular flexibility index (Phi) is 3.67. The maximum Gasteiger partial charge on any atom is 0.123 e. The molecule has 1 atom stereocenters. The first-order valence-corrected chi connectivity index (χ1v) is 7.53. The lowest BCUT2D eigenvalue weighted by Crippen LogP contribution is -2.16. The molecule has 0 radical (unpaired) electrons. The number of anilines is 1. The number of rotatable bonds is 2. The molecule has 19 heavy (non-hydrogen) atoms. The highest BCUT2D eigenvalue weighted by atomic mass is 35.5. The normalized spacial score (nSPS) is 17.9. The summed E-state index contributed by atoms with van der Waals surface area (Å²) in [5.41, 5.74) is 2.16. The third-order valence-electron chi connectivity index (χ3n) is 3.20. The smallest absolute Gasteiger partial charge is 0.123 e. The van der Waals surface area contributed by atoms with Gasteiger partial charge in [-0.2, -0.15) is 0 Å². The molecule has 0 bridgehead atoms. The number of halogens is 2. The second-order valence-corrected chi connectivity index (χ2v) is 6.10. The van der Waals surface area contributed by atoms with Crippen LogP contribution in [0, 0.1) is 5.82 Å². The third-order valence-corrected chi connectivity index (χ3v) is 4.55. The molecular formula is C15H13ClFNS. The number of benzene rings is 2. The van der Waals surface area contributed by atoms with Gasteiger partial charge in [0, 0.05) is 21.4 Å². The largest absolute Gasteiger partial charge is 0.378 e. The lowest BCUT2D eigenvalue weighted by molar-refractivity contribution is 0.627. The molecule has 4 heteroatoms. The lowest BCUT2D eigenvalue weighted by Gasteiger charge is -2.27. The minimum atomic E-state index is -0.215. The Labute approximate surface area is 121 Å². The first kappa shape index (κ1) is 12.8. The van der Waals surface area contributed by atoms with Crippen molar-refractivity contribution in [1.29, 1.82) is 0 Å². The summed E-state index contributed by atoms with van der Waals surface area (Å²) in [6.45, 7) is 0. The van der Waals surface area contributed by atoms with Crippen LogP contribution in [-0.4, -0.2) is 5.75 Å². The molecule has 1 N–H and O–H groups in total. The zero-order valence-corrected chi connectivity index (χ0v) is 11.8. The second kappa shape index (κ2) is 5.43. The fraction of sp³-hybridized carbons (Fsp3) is 0.200. The highest BCUT2D eigenvalue weighted by Crippen LogP contribution is 2.39. The molecule has 2 aromatic carbocycles. The fourth-order valence-corrected chi connectivity index (χ4v) is 3.55. The van der Waals surface area contributed by atoms with E-state index in [1.54, 1.807) is 12.1 Å². The predicted molar refractivity (Wildman–Crippen MR) is 79.6 cm³/mol. The van der Waals surface area contributed by atoms with E-state index in [1.165, 1.54) is 22.6 Å². The average Bonchev–Trinajstić information content (AvgIpc) is 2.42. The van der Waals surface area contributed by atoms with Gasteiger partial charge in [0.1, 0.15) is 5.82 Å². The maximum absolute atomic E-state index is 12.9. The van der Waals surface area contributed by atoms with Crippen molar-refractivity contribution in [3.8, 4) is 0 Å². The van der Waals surface area contributed by atoms with E-state index >= 15 is 0 Å². The molecule has 1 nitrogen and oxygen atoms in total. The van der Waals surface area contributed by atoms with E-state index in [1.807, 2.05) is 23.9 Å². The van der Waals surface area contributed by atoms with E-state index in [2.05, 4.69) is 11.4 Å². The molecule has 0 amide bonds. The minimum absolute atomic E-state index is 0.215. The molecule has 2 aromatic rings. The summed E-state index contributed by atoms with van der Waals surface area (Å²) >= 11 is 7.93. The summed E-state index contributed by atoms with van der Waals surface area (Å²) in [5, 5.41) is 4.21. The van der Waals surface area contributed by atoms with Crippen LogP contribution in [-0.2, 0) is 0 Å². The van der Waals surface area contributed by atoms with Crippen molar-refractivity contribution >= 4 is 29.1 Å². The minimum Gasteiger partial charge on any atom is -0.378 e. The molecule has 0 saturated heterocycles. The van der Waals surface area contributed by atoms with Crippen LogP contribution in [0.1, 0.15) is 18.0 Å². The van der Waals surface area contributed by atoms with Crippen LogP contribution in [0.25, 0.3) is 0 Å². The SMILES string of the molecule is Fc1ccc(NC2CCSc3ccc(Cl)cc32)cc1. The summed E-state index contributed by atoms with van der Waals surface area (Å²) in [6, 6.07) is 12.7. The molecule has 1 aliphatic heterocycles. The highest BCUT2D eigenvalue weighted by Gasteiger charge is 2.20. The van der Waals surface area contributed by atoms with Gasteiger partial charge in [0.2, 0.25) is 0 Å². The van der Waals surface area contributed by atoms with E-state index in [0.717, 1.165) is 22.9 Å². The quantitative estimate of drug-likeness (QED) is 0.824. The molecule has 98 valence electrons. The monoisotopic (exact) mass is 293 g/mol. The molecule has 3 rings (SSSR count). The molecule has 1 unspecified atom stereocenters. The second-order valence-electron chi connectivity index (χ2n) is 4.52. The van der Waals surface area contributed by atoms with Crippen LogP contribution in [0.5, 0.6) is 0 Å². The number of hydrogen-bond acceptors (Lipinski definition) is 2. The number of nitrogens with one attached hydrogen (secondary N) is 1. The molecule has 1 heterocycles. The lowest BCUT2D eigenvalue weighted by atomic mass is 10.0. The Morgan fingerprint density at radius 1 is 1.16 bits per heavy atom. The van der Waals surface area contributed by atoms with Gasteiger partial charge in [0.05, 0.1) is 6.04 Å². The van der Waals surface area contributed by atoms with Crippen LogP contribution in [0.3, 0.4) is 0 Å². The highest BCUT2D eigenvalue weighted by molar-refractivity contribution is 7.99. The zero-order valence-electron chi connectivity index (χ0n) is 10.2. The van der Waals surface area contributed by atoms with Crippen LogP contribution in [0.15, 0.2) is 47.4 Å². The summed E-state index contributed by atoms with van der Waals surface area (Å²) in [6.07, 6.45) is 1.04. The number of hydrogen-bond donors (Lipinski definition) is 1. The molecule has 0 fully saturated rings. The average molecular weight is 294 g/mol. The van der Waals surface area contributed by atoms with Crippen molar-refractivity contribution in [1.82, 2.24) is 0 Å². The fourth-order valence-electron chi connectivity index (χ4n) is 2.26. The van der Waals surface area contributed by atoms with Gasteiger partial charge in [-0.15, -0.1) is 11.8 Å². The van der Waals surface area contributed by atoms with Crippen molar-refractivity contribution in [2.24, 2.45) is 0 Å². The van der Waals surface area contributed by atoms with Gasteiger partial charge in [-0.25, -0.2) is 4.39 Å². The first-order valence-electron chi connectivity index (χ1n) is 6.17. The summed E-state index contributed by atoms with van der Waals surface area (Å²) in [4.78, 5) is 1.27. The molecule has 0 saturated carbocycles. The molecule has 0 aromatic heterocycles. The predicted octanol–water partition coefficient (Wildman–Crippen LogP) is 5.13. The van der Waals surface area contributed by atoms with Gasteiger partial charge in [-0.05, 0) is 54.4 Å². The van der Waals surface area contributed by atoms with E-state index < -0.39 is 0 Å². The van der Waals surface area contributed by atoms with E-state index in [9.17, 15) is 4.39 Å². The third kappa shape index (κ3) is 2.88. The zero-order chi connectivity index (χ0) is 13.2. The van der Waals surface area contributed by atoms with Gasteiger partial charge in [-0.1, -0.05) is 11.6 Å². The summed E-state index contributed by atoms with van der Waals surface area (Å²) in [7, 11) is 0. The van der Waals surface area contributed by atoms with Gasteiger partial charge >= 0.3 is 0 Å². The maximum atomic E-state index is 12.9. The molecular weight excluding hydrogens is 281 g/mol.